The lowest BCUT2D eigenvalue weighted by Gasteiger charge is -2.30. The van der Waals surface area contributed by atoms with Crippen LogP contribution in [0.1, 0.15) is 52.4 Å². The van der Waals surface area contributed by atoms with Crippen LogP contribution in [0.3, 0.4) is 0 Å². The van der Waals surface area contributed by atoms with Crippen LogP contribution >= 0.6 is 0 Å². The molecule has 0 aromatic rings. The summed E-state index contributed by atoms with van der Waals surface area (Å²) in [5.41, 5.74) is 0. The molecule has 1 aliphatic rings. The highest BCUT2D eigenvalue weighted by Gasteiger charge is 2.28. The van der Waals surface area contributed by atoms with E-state index in [4.69, 9.17) is 0 Å². The lowest BCUT2D eigenvalue weighted by molar-refractivity contribution is -0.135. The molecular formula is C14H27NO3S. The third-order valence-electron chi connectivity index (χ3n) is 3.90. The van der Waals surface area contributed by atoms with Gasteiger partial charge in [-0.3, -0.25) is 4.79 Å². The van der Waals surface area contributed by atoms with Gasteiger partial charge >= 0.3 is 0 Å². The van der Waals surface area contributed by atoms with Gasteiger partial charge in [0.05, 0.1) is 11.5 Å². The van der Waals surface area contributed by atoms with E-state index in [9.17, 15) is 13.2 Å². The molecular weight excluding hydrogens is 262 g/mol. The lowest BCUT2D eigenvalue weighted by atomic mass is 9.96. The zero-order valence-electron chi connectivity index (χ0n) is 12.2. The Balaban J connectivity index is 2.41. The molecule has 0 N–H and O–H groups in total. The standard InChI is InChI=1S/C14H27NO3S/c1-3-5-6-7-8-13(4-2)14(16)15-9-11-19(17,18)12-10-15/h13H,3-12H2,1-2H3. The summed E-state index contributed by atoms with van der Waals surface area (Å²) in [6, 6.07) is 0. The lowest BCUT2D eigenvalue weighted by Crippen LogP contribution is -2.46. The summed E-state index contributed by atoms with van der Waals surface area (Å²) in [6.07, 6.45) is 6.52. The Kier molecular flexibility index (Phi) is 6.83. The molecule has 0 aromatic heterocycles. The van der Waals surface area contributed by atoms with Gasteiger partial charge in [-0.15, -0.1) is 0 Å². The maximum atomic E-state index is 12.3. The van der Waals surface area contributed by atoms with Crippen molar-refractivity contribution in [3.8, 4) is 0 Å². The number of rotatable bonds is 7. The number of hydrogen-bond donors (Lipinski definition) is 0. The van der Waals surface area contributed by atoms with Crippen LogP contribution in [0.15, 0.2) is 0 Å². The molecule has 19 heavy (non-hydrogen) atoms. The first-order valence-corrected chi connectivity index (χ1v) is 9.31. The van der Waals surface area contributed by atoms with Crippen molar-refractivity contribution in [2.45, 2.75) is 52.4 Å². The molecule has 1 atom stereocenters. The van der Waals surface area contributed by atoms with Crippen molar-refractivity contribution in [2.75, 3.05) is 24.6 Å². The molecule has 0 saturated carbocycles. The maximum absolute atomic E-state index is 12.3. The molecule has 1 rings (SSSR count). The van der Waals surface area contributed by atoms with E-state index in [0.717, 1.165) is 19.3 Å². The van der Waals surface area contributed by atoms with Gasteiger partial charge < -0.3 is 4.90 Å². The number of amides is 1. The summed E-state index contributed by atoms with van der Waals surface area (Å²) in [5, 5.41) is 0. The molecule has 112 valence electrons. The van der Waals surface area contributed by atoms with E-state index in [1.165, 1.54) is 19.3 Å². The van der Waals surface area contributed by atoms with Gasteiger partial charge in [0.1, 0.15) is 0 Å². The summed E-state index contributed by atoms with van der Waals surface area (Å²) >= 11 is 0. The summed E-state index contributed by atoms with van der Waals surface area (Å²) in [5.74, 6) is 0.502. The van der Waals surface area contributed by atoms with E-state index in [-0.39, 0.29) is 23.3 Å². The second kappa shape index (κ2) is 7.88. The molecule has 1 amide bonds. The molecule has 1 heterocycles. The number of nitrogens with zero attached hydrogens (tertiary/aromatic N) is 1. The fraction of sp³-hybridized carbons (Fsp3) is 0.929. The van der Waals surface area contributed by atoms with E-state index in [1.54, 1.807) is 4.90 Å². The first-order chi connectivity index (χ1) is 9.00. The molecule has 4 nitrogen and oxygen atoms in total. The van der Waals surface area contributed by atoms with Crippen LogP contribution in [-0.4, -0.2) is 43.8 Å². The van der Waals surface area contributed by atoms with Crippen LogP contribution in [0, 0.1) is 5.92 Å². The minimum absolute atomic E-state index is 0.0812. The van der Waals surface area contributed by atoms with Crippen molar-refractivity contribution in [2.24, 2.45) is 5.92 Å². The zero-order valence-corrected chi connectivity index (χ0v) is 13.0. The Hall–Kier alpha value is -0.580. The second-order valence-corrected chi connectivity index (χ2v) is 7.74. The second-order valence-electron chi connectivity index (χ2n) is 5.43. The SMILES string of the molecule is CCCCCCC(CC)C(=O)N1CCS(=O)(=O)CC1. The molecule has 1 fully saturated rings. The average molecular weight is 289 g/mol. The van der Waals surface area contributed by atoms with Crippen molar-refractivity contribution in [1.29, 1.82) is 0 Å². The van der Waals surface area contributed by atoms with Crippen molar-refractivity contribution in [3.05, 3.63) is 0 Å². The Labute approximate surface area is 117 Å². The van der Waals surface area contributed by atoms with Gasteiger partial charge in [0.15, 0.2) is 9.84 Å². The normalized spacial score (nSPS) is 20.2. The minimum Gasteiger partial charge on any atom is -0.340 e. The van der Waals surface area contributed by atoms with Crippen LogP contribution in [0.2, 0.25) is 0 Å². The molecule has 5 heteroatoms. The molecule has 1 unspecified atom stereocenters. The van der Waals surface area contributed by atoms with Crippen molar-refractivity contribution < 1.29 is 13.2 Å². The zero-order chi connectivity index (χ0) is 14.3. The summed E-state index contributed by atoms with van der Waals surface area (Å²) in [7, 11) is -2.90. The van der Waals surface area contributed by atoms with E-state index >= 15 is 0 Å². The molecule has 1 saturated heterocycles. The van der Waals surface area contributed by atoms with E-state index < -0.39 is 9.84 Å². The van der Waals surface area contributed by atoms with Crippen LogP contribution < -0.4 is 0 Å². The number of carbonyl (C=O) groups excluding carboxylic acids is 1. The number of unbranched alkanes of at least 4 members (excludes halogenated alkanes) is 3. The number of hydrogen-bond acceptors (Lipinski definition) is 3. The van der Waals surface area contributed by atoms with Gasteiger partial charge in [-0.05, 0) is 12.8 Å². The third-order valence-corrected chi connectivity index (χ3v) is 5.51. The first kappa shape index (κ1) is 16.5. The van der Waals surface area contributed by atoms with Gasteiger partial charge in [-0.1, -0.05) is 39.5 Å². The monoisotopic (exact) mass is 289 g/mol. The van der Waals surface area contributed by atoms with E-state index in [1.807, 2.05) is 6.92 Å². The largest absolute Gasteiger partial charge is 0.340 e. The van der Waals surface area contributed by atoms with E-state index in [0.29, 0.717) is 13.1 Å². The van der Waals surface area contributed by atoms with Gasteiger partial charge in [0, 0.05) is 19.0 Å². The molecule has 0 aromatic carbocycles. The quantitative estimate of drug-likeness (QED) is 0.675. The van der Waals surface area contributed by atoms with Crippen LogP contribution in [-0.2, 0) is 14.6 Å². The first-order valence-electron chi connectivity index (χ1n) is 7.49. The van der Waals surface area contributed by atoms with E-state index in [2.05, 4.69) is 6.92 Å². The van der Waals surface area contributed by atoms with Gasteiger partial charge in [0.25, 0.3) is 0 Å². The molecule has 0 spiro atoms. The minimum atomic E-state index is -2.90. The Morgan fingerprint density at radius 2 is 1.74 bits per heavy atom. The fourth-order valence-corrected chi connectivity index (χ4v) is 3.71. The van der Waals surface area contributed by atoms with Crippen LogP contribution in [0.4, 0.5) is 0 Å². The summed E-state index contributed by atoms with van der Waals surface area (Å²) in [6.45, 7) is 4.99. The Morgan fingerprint density at radius 3 is 2.26 bits per heavy atom. The molecule has 0 aliphatic carbocycles. The molecule has 0 radical (unpaired) electrons. The number of carbonyl (C=O) groups is 1. The highest BCUT2D eigenvalue weighted by Crippen LogP contribution is 2.18. The summed E-state index contributed by atoms with van der Waals surface area (Å²) < 4.78 is 22.7. The number of sulfone groups is 1. The average Bonchev–Trinajstić information content (AvgIpc) is 2.38. The topological polar surface area (TPSA) is 54.5 Å². The predicted molar refractivity (Wildman–Crippen MR) is 77.8 cm³/mol. The van der Waals surface area contributed by atoms with Crippen LogP contribution in [0.25, 0.3) is 0 Å². The Morgan fingerprint density at radius 1 is 1.11 bits per heavy atom. The predicted octanol–water partition coefficient (Wildman–Crippen LogP) is 2.24. The highest BCUT2D eigenvalue weighted by molar-refractivity contribution is 7.91. The maximum Gasteiger partial charge on any atom is 0.225 e. The van der Waals surface area contributed by atoms with Crippen molar-refractivity contribution in [3.63, 3.8) is 0 Å². The van der Waals surface area contributed by atoms with Crippen molar-refractivity contribution in [1.82, 2.24) is 4.90 Å². The van der Waals surface area contributed by atoms with Gasteiger partial charge in [-0.2, -0.15) is 0 Å². The fourth-order valence-electron chi connectivity index (χ4n) is 2.51. The molecule has 0 bridgehead atoms. The molecule has 1 aliphatic heterocycles. The van der Waals surface area contributed by atoms with Gasteiger partial charge in [0.2, 0.25) is 5.91 Å². The van der Waals surface area contributed by atoms with Gasteiger partial charge in [-0.25, -0.2) is 8.42 Å². The van der Waals surface area contributed by atoms with Crippen LogP contribution in [0.5, 0.6) is 0 Å². The smallest absolute Gasteiger partial charge is 0.225 e. The highest BCUT2D eigenvalue weighted by atomic mass is 32.2. The third kappa shape index (κ3) is 5.51. The Bertz CT molecular complexity index is 364. The van der Waals surface area contributed by atoms with Crippen molar-refractivity contribution >= 4 is 15.7 Å². The summed E-state index contributed by atoms with van der Waals surface area (Å²) in [4.78, 5) is 14.1.